The van der Waals surface area contributed by atoms with E-state index in [1.807, 2.05) is 0 Å². The molecule has 0 radical (unpaired) electrons. The first-order valence-corrected chi connectivity index (χ1v) is 10.5. The van der Waals surface area contributed by atoms with E-state index in [4.69, 9.17) is 14.2 Å². The number of rotatable bonds is 3. The molecule has 1 amide bonds. The number of hydrogen-bond acceptors (Lipinski definition) is 7. The molecule has 8 nitrogen and oxygen atoms in total. The van der Waals surface area contributed by atoms with Crippen molar-refractivity contribution in [3.8, 4) is 23.7 Å². The largest absolute Gasteiger partial charge is 0.445 e. The highest BCUT2D eigenvalue weighted by molar-refractivity contribution is 6.04. The van der Waals surface area contributed by atoms with Gasteiger partial charge in [-0.3, -0.25) is 14.5 Å². The Balaban J connectivity index is 1.87. The molecule has 5 rings (SSSR count). The number of methoxy groups -OCH3 is 1. The van der Waals surface area contributed by atoms with Gasteiger partial charge in [0.1, 0.15) is 18.2 Å². The number of hydrogen-bond donors (Lipinski definition) is 1. The van der Waals surface area contributed by atoms with Crippen molar-refractivity contribution in [1.29, 1.82) is 0 Å². The van der Waals surface area contributed by atoms with Crippen molar-refractivity contribution < 1.29 is 33.7 Å². The van der Waals surface area contributed by atoms with E-state index in [1.165, 1.54) is 48.5 Å². The number of allylic oxidation sites excluding steroid dienone is 4. The molecule has 168 valence electrons. The van der Waals surface area contributed by atoms with Crippen LogP contribution in [-0.2, 0) is 23.8 Å². The van der Waals surface area contributed by atoms with E-state index in [9.17, 15) is 19.5 Å². The zero-order valence-corrected chi connectivity index (χ0v) is 18.1. The maximum Gasteiger partial charge on any atom is 0.414 e. The van der Waals surface area contributed by atoms with E-state index in [0.717, 1.165) is 0 Å². The minimum Gasteiger partial charge on any atom is -0.445 e. The van der Waals surface area contributed by atoms with E-state index in [-0.39, 0.29) is 18.6 Å². The smallest absolute Gasteiger partial charge is 0.414 e. The summed E-state index contributed by atoms with van der Waals surface area (Å²) in [6, 6.07) is -0.996. The predicted octanol–water partition coefficient (Wildman–Crippen LogP) is 0.826. The zero-order valence-electron chi connectivity index (χ0n) is 18.1. The minimum atomic E-state index is -2.28. The molecule has 8 heteroatoms. The number of aliphatic hydroxyl groups is 1. The van der Waals surface area contributed by atoms with E-state index >= 15 is 0 Å². The van der Waals surface area contributed by atoms with E-state index in [1.54, 1.807) is 6.92 Å². The molecule has 3 fully saturated rings. The van der Waals surface area contributed by atoms with Crippen molar-refractivity contribution >= 4 is 17.7 Å². The lowest BCUT2D eigenvalue weighted by atomic mass is 9.54. The molecule has 1 N–H and O–H groups in total. The zero-order chi connectivity index (χ0) is 23.6. The number of ether oxygens (including phenoxy) is 3. The fraction of sp³-hybridized carbons (Fsp3) is 0.400. The standard InChI is InChI=1S/C25H21NO7/c1-4-13-32-21(29)26-19-9-7-5-6-8-11-22(30)20(28)14-16(2)24(19)25(22,33-24)18-15-17(27)10-12-23(18,26)31-3/h4-6,10,12,15-16,19,30H,1,13-14H2,2-3H3/b6-5-/t16-,19-,22-,23?,24-,25-/m0/s1. The van der Waals surface area contributed by atoms with Gasteiger partial charge in [0.25, 0.3) is 0 Å². The first-order valence-electron chi connectivity index (χ1n) is 10.5. The molecule has 0 spiro atoms. The van der Waals surface area contributed by atoms with Gasteiger partial charge in [-0.2, -0.15) is 0 Å². The number of epoxide rings is 1. The Hall–Kier alpha value is -3.43. The van der Waals surface area contributed by atoms with Crippen LogP contribution in [0.4, 0.5) is 4.79 Å². The van der Waals surface area contributed by atoms with Crippen molar-refractivity contribution in [3.63, 3.8) is 0 Å². The summed E-state index contributed by atoms with van der Waals surface area (Å²) in [7, 11) is 1.35. The predicted molar refractivity (Wildman–Crippen MR) is 114 cm³/mol. The molecule has 2 heterocycles. The van der Waals surface area contributed by atoms with Crippen LogP contribution in [0.15, 0.2) is 48.6 Å². The van der Waals surface area contributed by atoms with Crippen LogP contribution in [0.5, 0.6) is 0 Å². The first kappa shape index (κ1) is 21.4. The van der Waals surface area contributed by atoms with Crippen molar-refractivity contribution in [2.45, 2.75) is 41.9 Å². The van der Waals surface area contributed by atoms with Crippen LogP contribution in [0.3, 0.4) is 0 Å². The summed E-state index contributed by atoms with van der Waals surface area (Å²) >= 11 is 0. The summed E-state index contributed by atoms with van der Waals surface area (Å²) in [5.41, 5.74) is -6.94. The van der Waals surface area contributed by atoms with E-state index in [2.05, 4.69) is 30.3 Å². The van der Waals surface area contributed by atoms with Gasteiger partial charge < -0.3 is 19.3 Å². The Kier molecular flexibility index (Phi) is 4.40. The van der Waals surface area contributed by atoms with Crippen LogP contribution >= 0.6 is 0 Å². The molecular formula is C25H21NO7. The topological polar surface area (TPSA) is 106 Å². The lowest BCUT2D eigenvalue weighted by Gasteiger charge is -2.55. The number of fused-ring (bicyclic) bond motifs is 1. The van der Waals surface area contributed by atoms with Crippen LogP contribution in [0.2, 0.25) is 0 Å². The number of piperidine rings is 1. The number of Topliss-reactive ketones (excluding diaryl/α,β-unsaturated/α-hetero) is 1. The third kappa shape index (κ3) is 2.30. The monoisotopic (exact) mass is 447 g/mol. The lowest BCUT2D eigenvalue weighted by Crippen LogP contribution is -2.76. The summed E-state index contributed by atoms with van der Waals surface area (Å²) in [5.74, 6) is 9.85. The number of likely N-dealkylation sites (tertiary alicyclic amines) is 1. The van der Waals surface area contributed by atoms with Gasteiger partial charge in [-0.1, -0.05) is 43.3 Å². The van der Waals surface area contributed by atoms with Gasteiger partial charge in [-0.25, -0.2) is 4.79 Å². The molecule has 1 unspecified atom stereocenters. The number of ketones is 2. The minimum absolute atomic E-state index is 0.0541. The SMILES string of the molecule is C=CCOC(=O)N1[C@H]2C#C/C=C\C#C[C@]3(O)C(=O)C[C@H](C)[C@]24O[C@]43C2=CC(=O)C=CC21OC. The van der Waals surface area contributed by atoms with E-state index in [0.29, 0.717) is 0 Å². The normalized spacial score (nSPS) is 42.3. The molecule has 6 atom stereocenters. The van der Waals surface area contributed by atoms with Crippen LogP contribution in [0.25, 0.3) is 0 Å². The lowest BCUT2D eigenvalue weighted by molar-refractivity contribution is -0.150. The molecule has 2 saturated heterocycles. The summed E-state index contributed by atoms with van der Waals surface area (Å²) in [6.07, 6.45) is 7.35. The van der Waals surface area contributed by atoms with Gasteiger partial charge >= 0.3 is 6.09 Å². The van der Waals surface area contributed by atoms with Gasteiger partial charge in [-0.15, -0.1) is 0 Å². The molecule has 3 aliphatic carbocycles. The molecule has 0 aromatic rings. The Morgan fingerprint density at radius 1 is 1.39 bits per heavy atom. The fourth-order valence-electron chi connectivity index (χ4n) is 5.71. The summed E-state index contributed by atoms with van der Waals surface area (Å²) < 4.78 is 17.6. The Morgan fingerprint density at radius 2 is 2.15 bits per heavy atom. The molecule has 0 aromatic carbocycles. The number of amides is 1. The average Bonchev–Trinajstić information content (AvgIpc) is 3.53. The summed E-state index contributed by atoms with van der Waals surface area (Å²) in [5, 5.41) is 11.8. The van der Waals surface area contributed by atoms with Crippen molar-refractivity contribution in [2.75, 3.05) is 13.7 Å². The van der Waals surface area contributed by atoms with Crippen LogP contribution in [-0.4, -0.2) is 70.0 Å². The molecular weight excluding hydrogens is 426 g/mol. The summed E-state index contributed by atoms with van der Waals surface area (Å²) in [4.78, 5) is 40.5. The van der Waals surface area contributed by atoms with Crippen LogP contribution < -0.4 is 0 Å². The second-order valence-electron chi connectivity index (χ2n) is 8.54. The van der Waals surface area contributed by atoms with Crippen molar-refractivity contribution in [3.05, 3.63) is 48.6 Å². The van der Waals surface area contributed by atoms with E-state index < -0.39 is 52.1 Å². The number of carbonyl (C=O) groups excluding carboxylic acids is 3. The van der Waals surface area contributed by atoms with Crippen LogP contribution in [0.1, 0.15) is 13.3 Å². The van der Waals surface area contributed by atoms with Crippen molar-refractivity contribution in [1.82, 2.24) is 4.90 Å². The molecule has 1 saturated carbocycles. The van der Waals surface area contributed by atoms with Gasteiger partial charge in [0.05, 0.1) is 0 Å². The van der Waals surface area contributed by atoms with Crippen LogP contribution in [0, 0.1) is 29.6 Å². The average molecular weight is 447 g/mol. The molecule has 5 aliphatic rings. The number of nitrogens with zero attached hydrogens (tertiary/aromatic N) is 1. The summed E-state index contributed by atoms with van der Waals surface area (Å²) in [6.45, 7) is 5.29. The van der Waals surface area contributed by atoms with Gasteiger partial charge in [0, 0.05) is 19.1 Å². The second-order valence-corrected chi connectivity index (χ2v) is 8.54. The highest BCUT2D eigenvalue weighted by atomic mass is 16.7. The van der Waals surface area contributed by atoms with Gasteiger partial charge in [0.2, 0.25) is 5.60 Å². The maximum absolute atomic E-state index is 13.4. The highest BCUT2D eigenvalue weighted by Gasteiger charge is 2.93. The molecule has 2 aliphatic heterocycles. The molecule has 4 bridgehead atoms. The first-order chi connectivity index (χ1) is 15.7. The maximum atomic E-state index is 13.4. The second kappa shape index (κ2) is 6.79. The Labute approximate surface area is 190 Å². The Bertz CT molecular complexity index is 1220. The Morgan fingerprint density at radius 3 is 2.88 bits per heavy atom. The molecule has 0 aromatic heterocycles. The van der Waals surface area contributed by atoms with Crippen molar-refractivity contribution in [2.24, 2.45) is 5.92 Å². The third-order valence-corrected chi connectivity index (χ3v) is 7.07. The highest BCUT2D eigenvalue weighted by Crippen LogP contribution is 2.73. The van der Waals surface area contributed by atoms with Gasteiger partial charge in [-0.05, 0) is 36.3 Å². The third-order valence-electron chi connectivity index (χ3n) is 7.07. The van der Waals surface area contributed by atoms with Gasteiger partial charge in [0.15, 0.2) is 22.9 Å². The molecule has 33 heavy (non-hydrogen) atoms. The fourth-order valence-corrected chi connectivity index (χ4v) is 5.71. The quantitative estimate of drug-likeness (QED) is 0.388. The number of carbonyl (C=O) groups is 3.